The summed E-state index contributed by atoms with van der Waals surface area (Å²) in [7, 11) is 3.36. The van der Waals surface area contributed by atoms with Crippen LogP contribution in [-0.2, 0) is 39.0 Å². The molecule has 3 unspecified atom stereocenters. The molecule has 1 aliphatic carbocycles. The van der Waals surface area contributed by atoms with Crippen molar-refractivity contribution in [3.05, 3.63) is 94.5 Å². The third-order valence-electron chi connectivity index (χ3n) is 9.14. The van der Waals surface area contributed by atoms with Crippen molar-refractivity contribution in [2.75, 3.05) is 13.7 Å². The van der Waals surface area contributed by atoms with Gasteiger partial charge in [0.1, 0.15) is 12.4 Å². The van der Waals surface area contributed by atoms with E-state index in [4.69, 9.17) is 9.47 Å². The number of carboxylic acids is 1. The summed E-state index contributed by atoms with van der Waals surface area (Å²) in [5, 5.41) is 22.3. The van der Waals surface area contributed by atoms with Crippen LogP contribution >= 0.6 is 0 Å². The summed E-state index contributed by atoms with van der Waals surface area (Å²) in [5.74, 6) is -2.81. The number of fused-ring (bicyclic) bond motifs is 4. The highest BCUT2D eigenvalue weighted by Gasteiger charge is 2.58. The van der Waals surface area contributed by atoms with Crippen molar-refractivity contribution in [3.8, 4) is 16.9 Å². The zero-order valence-corrected chi connectivity index (χ0v) is 25.2. The summed E-state index contributed by atoms with van der Waals surface area (Å²) in [6, 6.07) is 13.5. The maximum Gasteiger partial charge on any atom is 0.331 e. The number of aliphatic hydroxyl groups is 1. The summed E-state index contributed by atoms with van der Waals surface area (Å²) < 4.78 is 13.3. The van der Waals surface area contributed by atoms with Crippen LogP contribution in [0.25, 0.3) is 16.7 Å². The number of nitrogens with zero attached hydrogens (tertiary/aromatic N) is 2. The van der Waals surface area contributed by atoms with Gasteiger partial charge in [-0.3, -0.25) is 4.79 Å². The number of methoxy groups -OCH3 is 1. The van der Waals surface area contributed by atoms with Gasteiger partial charge < -0.3 is 33.9 Å². The molecule has 1 N–H and O–H groups in total. The predicted octanol–water partition coefficient (Wildman–Crippen LogP) is 3.03. The molecule has 0 bridgehead atoms. The lowest BCUT2D eigenvalue weighted by atomic mass is 9.78. The van der Waals surface area contributed by atoms with E-state index in [0.29, 0.717) is 11.3 Å². The number of aliphatic carboxylic acids is 1. The molecular formula is C35H35N2O7-. The molecule has 0 spiro atoms. The van der Waals surface area contributed by atoms with Gasteiger partial charge >= 0.3 is 5.97 Å². The highest BCUT2D eigenvalue weighted by Crippen LogP contribution is 2.50. The molecule has 4 atom stereocenters. The monoisotopic (exact) mass is 595 g/mol. The van der Waals surface area contributed by atoms with Gasteiger partial charge in [0, 0.05) is 37.0 Å². The van der Waals surface area contributed by atoms with Crippen molar-refractivity contribution in [2.24, 2.45) is 18.9 Å². The van der Waals surface area contributed by atoms with Gasteiger partial charge in [0.05, 0.1) is 36.8 Å². The van der Waals surface area contributed by atoms with Gasteiger partial charge in [-0.05, 0) is 77.3 Å². The van der Waals surface area contributed by atoms with Crippen molar-refractivity contribution in [2.45, 2.75) is 45.3 Å². The van der Waals surface area contributed by atoms with Crippen molar-refractivity contribution in [1.82, 2.24) is 9.47 Å². The lowest BCUT2D eigenvalue weighted by molar-refractivity contribution is -0.301. The lowest BCUT2D eigenvalue weighted by Gasteiger charge is -2.47. The maximum atomic E-state index is 12.7. The minimum Gasteiger partial charge on any atom is -0.543 e. The molecular weight excluding hydrogens is 560 g/mol. The van der Waals surface area contributed by atoms with Crippen LogP contribution < -0.4 is 9.84 Å². The van der Waals surface area contributed by atoms with Gasteiger partial charge in [-0.25, -0.2) is 4.79 Å². The van der Waals surface area contributed by atoms with Crippen LogP contribution in [0.3, 0.4) is 0 Å². The molecule has 44 heavy (non-hydrogen) atoms. The van der Waals surface area contributed by atoms with E-state index in [-0.39, 0.29) is 18.2 Å². The summed E-state index contributed by atoms with van der Waals surface area (Å²) in [5.41, 5.74) is 6.86. The number of β-lactam (4-membered cyclic amide) rings is 1. The Balaban J connectivity index is 1.30. The van der Waals surface area contributed by atoms with Crippen molar-refractivity contribution >= 4 is 23.4 Å². The molecule has 0 saturated carbocycles. The Morgan fingerprint density at radius 1 is 1.09 bits per heavy atom. The van der Waals surface area contributed by atoms with Gasteiger partial charge in [-0.15, -0.1) is 0 Å². The number of hydrogen-bond donors (Lipinski definition) is 1. The lowest BCUT2D eigenvalue weighted by Crippen LogP contribution is -2.64. The second-order valence-electron chi connectivity index (χ2n) is 11.9. The zero-order chi connectivity index (χ0) is 31.3. The van der Waals surface area contributed by atoms with Crippen LogP contribution in [0.4, 0.5) is 0 Å². The number of amides is 1. The average Bonchev–Trinajstić information content (AvgIpc) is 3.62. The van der Waals surface area contributed by atoms with Gasteiger partial charge in [0.25, 0.3) is 0 Å². The van der Waals surface area contributed by atoms with Crippen molar-refractivity contribution in [3.63, 3.8) is 0 Å². The molecule has 0 radical (unpaired) electrons. The smallest absolute Gasteiger partial charge is 0.331 e. The minimum absolute atomic E-state index is 0.0727. The molecule has 2 aliphatic heterocycles. The molecule has 1 fully saturated rings. The number of hydrogen-bond acceptors (Lipinski definition) is 7. The molecule has 9 heteroatoms. The minimum atomic E-state index is -1.44. The number of ether oxygens (including phenoxy) is 2. The first-order valence-electron chi connectivity index (χ1n) is 14.9. The number of carboxylic acid groups (broad SMARTS) is 1. The molecule has 1 aromatic heterocycles. The van der Waals surface area contributed by atoms with Gasteiger partial charge in [0.2, 0.25) is 5.91 Å². The molecule has 3 heterocycles. The van der Waals surface area contributed by atoms with E-state index in [1.807, 2.05) is 49.0 Å². The summed E-state index contributed by atoms with van der Waals surface area (Å²) >= 11 is 0. The van der Waals surface area contributed by atoms with E-state index in [9.17, 15) is 24.6 Å². The average molecular weight is 596 g/mol. The maximum absolute atomic E-state index is 12.7. The molecule has 3 aromatic rings. The molecule has 3 aliphatic rings. The first-order chi connectivity index (χ1) is 21.1. The van der Waals surface area contributed by atoms with E-state index < -0.39 is 35.9 Å². The van der Waals surface area contributed by atoms with E-state index in [0.717, 1.165) is 52.7 Å². The highest BCUT2D eigenvalue weighted by atomic mass is 16.5. The number of aromatic nitrogens is 1. The number of esters is 1. The second-order valence-corrected chi connectivity index (χ2v) is 11.9. The Kier molecular flexibility index (Phi) is 7.67. The quantitative estimate of drug-likeness (QED) is 0.170. The largest absolute Gasteiger partial charge is 0.543 e. The topological polar surface area (TPSA) is 121 Å². The summed E-state index contributed by atoms with van der Waals surface area (Å²) in [6.07, 6.45) is 7.58. The molecule has 6 rings (SSSR count). The number of benzene rings is 2. The third-order valence-corrected chi connectivity index (χ3v) is 9.14. The Hall–Kier alpha value is -4.63. The normalized spacial score (nSPS) is 21.6. The fourth-order valence-corrected chi connectivity index (χ4v) is 7.00. The first-order valence-corrected chi connectivity index (χ1v) is 14.9. The van der Waals surface area contributed by atoms with Crippen LogP contribution in [0, 0.1) is 11.8 Å². The molecule has 1 saturated heterocycles. The first kappa shape index (κ1) is 29.4. The highest BCUT2D eigenvalue weighted by molar-refractivity contribution is 6.08. The summed E-state index contributed by atoms with van der Waals surface area (Å²) in [6.45, 7) is 3.31. The Morgan fingerprint density at radius 3 is 2.55 bits per heavy atom. The fraction of sp³-hybridized carbons (Fsp3) is 0.343. The summed E-state index contributed by atoms with van der Waals surface area (Å²) in [4.78, 5) is 38.6. The third kappa shape index (κ3) is 4.91. The van der Waals surface area contributed by atoms with Crippen molar-refractivity contribution in [1.29, 1.82) is 0 Å². The molecule has 2 aromatic carbocycles. The zero-order valence-electron chi connectivity index (χ0n) is 25.2. The number of rotatable bonds is 10. The van der Waals surface area contributed by atoms with Crippen LogP contribution in [0.1, 0.15) is 42.5 Å². The van der Waals surface area contributed by atoms with Gasteiger partial charge in [-0.1, -0.05) is 37.3 Å². The van der Waals surface area contributed by atoms with Crippen LogP contribution in [0.5, 0.6) is 5.75 Å². The van der Waals surface area contributed by atoms with E-state index in [2.05, 4.69) is 24.4 Å². The second kappa shape index (κ2) is 11.5. The molecule has 9 nitrogen and oxygen atoms in total. The predicted molar refractivity (Wildman–Crippen MR) is 161 cm³/mol. The van der Waals surface area contributed by atoms with Gasteiger partial charge in [0.15, 0.2) is 0 Å². The number of aliphatic hydroxyl groups excluding tert-OH is 1. The standard InChI is InChI=1S/C35H36N2O7/c1-19-27(33(35(41)42)37-32(19)30(20(2)38)34(37)40)18-44-28-10-6-9-23-26(16-29(39)43-4)25-15-21(11-12-24(25)31(23)28)7-5-8-22-13-14-36(3)17-22/h6,9-17,19-20,30,32,38H,5,7-8,18H2,1-4H3,(H,41,42)/p-1/b26-16+/t19-,20?,30?,32?/m0/s1. The SMILES string of the molecule is COC(=O)/C=C1/c2cc(CCCc3ccn(C)c3)ccc2-c2c(OCC3=C(C(=O)[O-])N4C(=O)C(C(C)O)C4[C@H]3C)cccc21. The van der Waals surface area contributed by atoms with Gasteiger partial charge in [-0.2, -0.15) is 0 Å². The van der Waals surface area contributed by atoms with E-state index >= 15 is 0 Å². The van der Waals surface area contributed by atoms with Crippen LogP contribution in [-0.4, -0.2) is 58.3 Å². The molecule has 228 valence electrons. The Bertz CT molecular complexity index is 1730. The fourth-order valence-electron chi connectivity index (χ4n) is 7.00. The van der Waals surface area contributed by atoms with Crippen molar-refractivity contribution < 1.29 is 34.1 Å². The molecule has 1 amide bonds. The Labute approximate surface area is 256 Å². The number of carbonyl (C=O) groups excluding carboxylic acids is 3. The van der Waals surface area contributed by atoms with E-state index in [1.165, 1.54) is 23.6 Å². The number of carbonyl (C=O) groups is 3. The number of aryl methyl sites for hydroxylation is 3. The van der Waals surface area contributed by atoms with Crippen LogP contribution in [0.2, 0.25) is 0 Å². The van der Waals surface area contributed by atoms with Crippen LogP contribution in [0.15, 0.2) is 72.2 Å². The Morgan fingerprint density at radius 2 is 1.86 bits per heavy atom. The van der Waals surface area contributed by atoms with E-state index in [1.54, 1.807) is 6.92 Å².